The van der Waals surface area contributed by atoms with Gasteiger partial charge in [-0.05, 0) is 54.6 Å². The van der Waals surface area contributed by atoms with Crippen LogP contribution in [-0.4, -0.2) is 13.6 Å². The van der Waals surface area contributed by atoms with Crippen LogP contribution in [-0.2, 0) is 5.41 Å². The minimum absolute atomic E-state index is 0.177. The Hall–Kier alpha value is -1.19. The first kappa shape index (κ1) is 11.9. The fourth-order valence-electron chi connectivity index (χ4n) is 2.44. The average Bonchev–Trinajstić information content (AvgIpc) is 2.99. The Kier molecular flexibility index (Phi) is 2.96. The number of nitrogens with one attached hydrogen (secondary N) is 1. The van der Waals surface area contributed by atoms with Crippen LogP contribution in [0.2, 0.25) is 0 Å². The van der Waals surface area contributed by atoms with Crippen LogP contribution >= 0.6 is 11.3 Å². The molecule has 3 heteroatoms. The van der Waals surface area contributed by atoms with Crippen LogP contribution in [0.25, 0.3) is 10.4 Å². The lowest BCUT2D eigenvalue weighted by Gasteiger charge is -2.12. The van der Waals surface area contributed by atoms with Crippen LogP contribution in [0.15, 0.2) is 35.7 Å². The van der Waals surface area contributed by atoms with E-state index in [-0.39, 0.29) is 5.82 Å². The molecule has 0 atom stereocenters. The first-order chi connectivity index (χ1) is 8.73. The van der Waals surface area contributed by atoms with E-state index >= 15 is 0 Å². The van der Waals surface area contributed by atoms with E-state index in [2.05, 4.69) is 16.8 Å². The maximum absolute atomic E-state index is 12.9. The summed E-state index contributed by atoms with van der Waals surface area (Å²) in [6.45, 7) is 1.05. The van der Waals surface area contributed by atoms with Crippen LogP contribution in [0.5, 0.6) is 0 Å². The van der Waals surface area contributed by atoms with Crippen LogP contribution < -0.4 is 5.32 Å². The molecule has 1 aromatic heterocycles. The highest BCUT2D eigenvalue weighted by Crippen LogP contribution is 2.49. The highest BCUT2D eigenvalue weighted by Gasteiger charge is 2.44. The summed E-state index contributed by atoms with van der Waals surface area (Å²) < 4.78 is 12.9. The number of thiophene rings is 1. The zero-order chi connectivity index (χ0) is 12.6. The Morgan fingerprint density at radius 1 is 1.28 bits per heavy atom. The van der Waals surface area contributed by atoms with E-state index in [1.54, 1.807) is 11.3 Å². The Morgan fingerprint density at radius 3 is 2.61 bits per heavy atom. The summed E-state index contributed by atoms with van der Waals surface area (Å²) in [7, 11) is 2.01. The zero-order valence-electron chi connectivity index (χ0n) is 10.4. The maximum atomic E-state index is 12.9. The molecule has 1 nitrogen and oxygen atoms in total. The second-order valence-corrected chi connectivity index (χ2v) is 5.93. The van der Waals surface area contributed by atoms with Gasteiger partial charge in [0.1, 0.15) is 5.82 Å². The monoisotopic (exact) mass is 261 g/mol. The Balaban J connectivity index is 1.88. The smallest absolute Gasteiger partial charge is 0.123 e. The van der Waals surface area contributed by atoms with Crippen LogP contribution in [0.1, 0.15) is 18.4 Å². The molecule has 94 valence electrons. The van der Waals surface area contributed by atoms with Gasteiger partial charge in [-0.1, -0.05) is 12.1 Å². The molecular formula is C15H16FNS. The van der Waals surface area contributed by atoms with Gasteiger partial charge in [-0.25, -0.2) is 4.39 Å². The van der Waals surface area contributed by atoms with Gasteiger partial charge < -0.3 is 5.32 Å². The van der Waals surface area contributed by atoms with E-state index in [1.165, 1.54) is 35.4 Å². The molecule has 0 spiro atoms. The van der Waals surface area contributed by atoms with Gasteiger partial charge in [0.25, 0.3) is 0 Å². The van der Waals surface area contributed by atoms with E-state index in [4.69, 9.17) is 0 Å². The average molecular weight is 261 g/mol. The van der Waals surface area contributed by atoms with E-state index in [1.807, 2.05) is 19.2 Å². The molecule has 3 rings (SSSR count). The molecule has 0 radical (unpaired) electrons. The number of hydrogen-bond acceptors (Lipinski definition) is 2. The van der Waals surface area contributed by atoms with E-state index in [0.29, 0.717) is 5.41 Å². The molecule has 0 amide bonds. The lowest BCUT2D eigenvalue weighted by atomic mass is 9.98. The number of benzene rings is 1. The number of rotatable bonds is 4. The van der Waals surface area contributed by atoms with Crippen LogP contribution in [0.3, 0.4) is 0 Å². The van der Waals surface area contributed by atoms with Crippen molar-refractivity contribution >= 4 is 11.3 Å². The zero-order valence-corrected chi connectivity index (χ0v) is 11.2. The summed E-state index contributed by atoms with van der Waals surface area (Å²) in [5, 5.41) is 5.53. The maximum Gasteiger partial charge on any atom is 0.123 e. The lowest BCUT2D eigenvalue weighted by molar-refractivity contribution is 0.626. The predicted octanol–water partition coefficient (Wildman–Crippen LogP) is 3.81. The standard InChI is InChI=1S/C15H16FNS/c1-17-10-15(6-7-15)12-8-14(18-9-12)11-2-4-13(16)5-3-11/h2-5,8-9,17H,6-7,10H2,1H3. The SMILES string of the molecule is CNCC1(c2csc(-c3ccc(F)cc3)c2)CC1. The predicted molar refractivity (Wildman–Crippen MR) is 74.6 cm³/mol. The molecule has 1 aromatic carbocycles. The fourth-order valence-corrected chi connectivity index (χ4v) is 3.48. The summed E-state index contributed by atoms with van der Waals surface area (Å²) in [6.07, 6.45) is 2.54. The van der Waals surface area contributed by atoms with Crippen LogP contribution in [0.4, 0.5) is 4.39 Å². The summed E-state index contributed by atoms with van der Waals surface area (Å²) >= 11 is 1.75. The lowest BCUT2D eigenvalue weighted by Crippen LogP contribution is -2.22. The molecule has 0 bridgehead atoms. The van der Waals surface area contributed by atoms with Gasteiger partial charge in [-0.15, -0.1) is 11.3 Å². The van der Waals surface area contributed by atoms with E-state index in [9.17, 15) is 4.39 Å². The second-order valence-electron chi connectivity index (χ2n) is 5.02. The number of likely N-dealkylation sites (N-methyl/N-ethyl adjacent to an activating group) is 1. The minimum atomic E-state index is -0.177. The molecule has 18 heavy (non-hydrogen) atoms. The quantitative estimate of drug-likeness (QED) is 0.882. The van der Waals surface area contributed by atoms with Gasteiger partial charge in [0, 0.05) is 16.8 Å². The third kappa shape index (κ3) is 2.08. The first-order valence-corrected chi connectivity index (χ1v) is 7.11. The highest BCUT2D eigenvalue weighted by atomic mass is 32.1. The van der Waals surface area contributed by atoms with Crippen molar-refractivity contribution in [2.45, 2.75) is 18.3 Å². The highest BCUT2D eigenvalue weighted by molar-refractivity contribution is 7.13. The van der Waals surface area contributed by atoms with Gasteiger partial charge in [-0.3, -0.25) is 0 Å². The molecule has 1 saturated carbocycles. The van der Waals surface area contributed by atoms with Crippen molar-refractivity contribution in [3.8, 4) is 10.4 Å². The largest absolute Gasteiger partial charge is 0.319 e. The number of hydrogen-bond donors (Lipinski definition) is 1. The Labute approximate surface area is 111 Å². The van der Waals surface area contributed by atoms with Crippen molar-refractivity contribution in [2.75, 3.05) is 13.6 Å². The molecule has 1 fully saturated rings. The second kappa shape index (κ2) is 4.48. The van der Waals surface area contributed by atoms with Crippen molar-refractivity contribution in [1.29, 1.82) is 0 Å². The van der Waals surface area contributed by atoms with Crippen molar-refractivity contribution in [3.05, 3.63) is 47.1 Å². The molecule has 2 aromatic rings. The van der Waals surface area contributed by atoms with Crippen molar-refractivity contribution in [3.63, 3.8) is 0 Å². The van der Waals surface area contributed by atoms with Gasteiger partial charge >= 0.3 is 0 Å². The van der Waals surface area contributed by atoms with Crippen LogP contribution in [0, 0.1) is 5.82 Å². The topological polar surface area (TPSA) is 12.0 Å². The molecule has 1 aliphatic rings. The molecule has 0 aliphatic heterocycles. The molecule has 1 aliphatic carbocycles. The van der Waals surface area contributed by atoms with Crippen molar-refractivity contribution < 1.29 is 4.39 Å². The minimum Gasteiger partial charge on any atom is -0.319 e. The number of halogens is 1. The normalized spacial score (nSPS) is 16.8. The Morgan fingerprint density at radius 2 is 2.00 bits per heavy atom. The summed E-state index contributed by atoms with van der Waals surface area (Å²) in [5.41, 5.74) is 2.90. The summed E-state index contributed by atoms with van der Waals surface area (Å²) in [6, 6.07) is 9.01. The van der Waals surface area contributed by atoms with Crippen molar-refractivity contribution in [1.82, 2.24) is 5.32 Å². The molecule has 0 saturated heterocycles. The van der Waals surface area contributed by atoms with Gasteiger partial charge in [0.2, 0.25) is 0 Å². The Bertz CT molecular complexity index is 540. The molecule has 1 heterocycles. The third-order valence-electron chi connectivity index (χ3n) is 3.71. The molecular weight excluding hydrogens is 245 g/mol. The van der Waals surface area contributed by atoms with E-state index < -0.39 is 0 Å². The van der Waals surface area contributed by atoms with Gasteiger partial charge in [0.05, 0.1) is 0 Å². The first-order valence-electron chi connectivity index (χ1n) is 6.23. The van der Waals surface area contributed by atoms with Crippen molar-refractivity contribution in [2.24, 2.45) is 0 Å². The van der Waals surface area contributed by atoms with E-state index in [0.717, 1.165) is 12.1 Å². The molecule has 0 unspecified atom stereocenters. The third-order valence-corrected chi connectivity index (χ3v) is 4.69. The molecule has 1 N–H and O–H groups in total. The van der Waals surface area contributed by atoms with Gasteiger partial charge in [0.15, 0.2) is 0 Å². The van der Waals surface area contributed by atoms with Gasteiger partial charge in [-0.2, -0.15) is 0 Å². The fraction of sp³-hybridized carbons (Fsp3) is 0.333. The summed E-state index contributed by atoms with van der Waals surface area (Å²) in [5.74, 6) is -0.177. The summed E-state index contributed by atoms with van der Waals surface area (Å²) in [4.78, 5) is 1.23.